The maximum Gasteiger partial charge on any atom is 0.0951 e. The van der Waals surface area contributed by atoms with Crippen LogP contribution in [-0.2, 0) is 11.2 Å². The van der Waals surface area contributed by atoms with Gasteiger partial charge in [0.25, 0.3) is 0 Å². The first-order chi connectivity index (χ1) is 10.3. The molecule has 2 aromatic rings. The number of aryl methyl sites for hydroxylation is 1. The van der Waals surface area contributed by atoms with Crippen molar-refractivity contribution < 1.29 is 4.74 Å². The Bertz CT molecular complexity index is 634. The predicted molar refractivity (Wildman–Crippen MR) is 99.8 cm³/mol. The molecule has 1 aliphatic heterocycles. The van der Waals surface area contributed by atoms with Crippen molar-refractivity contribution in [2.24, 2.45) is 0 Å². The summed E-state index contributed by atoms with van der Waals surface area (Å²) in [6, 6.07) is 10.8. The van der Waals surface area contributed by atoms with Crippen molar-refractivity contribution in [2.75, 3.05) is 20.2 Å². The van der Waals surface area contributed by atoms with Crippen molar-refractivity contribution in [3.05, 3.63) is 53.3 Å². The highest BCUT2D eigenvalue weighted by atomic mass is 35.5. The summed E-state index contributed by atoms with van der Waals surface area (Å²) in [6.07, 6.45) is 4.19. The number of hydrogen-bond acceptors (Lipinski definition) is 3. The van der Waals surface area contributed by atoms with Gasteiger partial charge >= 0.3 is 0 Å². The van der Waals surface area contributed by atoms with E-state index in [1.165, 1.54) is 22.3 Å². The molecule has 3 rings (SSSR count). The molecule has 0 radical (unpaired) electrons. The van der Waals surface area contributed by atoms with Gasteiger partial charge in [0.1, 0.15) is 0 Å². The Morgan fingerprint density at radius 1 is 1.26 bits per heavy atom. The lowest BCUT2D eigenvalue weighted by Gasteiger charge is -2.19. The average Bonchev–Trinajstić information content (AvgIpc) is 2.70. The number of ether oxygens (including phenoxy) is 1. The van der Waals surface area contributed by atoms with Gasteiger partial charge in [-0.05, 0) is 61.2 Å². The van der Waals surface area contributed by atoms with E-state index in [1.54, 1.807) is 0 Å². The molecular formula is C18H24Cl2N2O. The number of pyridine rings is 1. The third-order valence-electron chi connectivity index (χ3n) is 4.05. The molecule has 1 aromatic heterocycles. The summed E-state index contributed by atoms with van der Waals surface area (Å²) in [5.41, 5.74) is 6.39. The van der Waals surface area contributed by atoms with Crippen LogP contribution in [0.25, 0.3) is 11.1 Å². The maximum absolute atomic E-state index is 6.01. The van der Waals surface area contributed by atoms with Crippen LogP contribution < -0.4 is 5.32 Å². The SMILES string of the molecule is CNC[C@H]1OCCCc2c(-c3ccnc(C)c3)cccc21.Cl.Cl. The van der Waals surface area contributed by atoms with E-state index < -0.39 is 0 Å². The summed E-state index contributed by atoms with van der Waals surface area (Å²) in [7, 11) is 1.98. The highest BCUT2D eigenvalue weighted by molar-refractivity contribution is 5.85. The van der Waals surface area contributed by atoms with Crippen molar-refractivity contribution in [1.29, 1.82) is 0 Å². The monoisotopic (exact) mass is 354 g/mol. The molecule has 126 valence electrons. The van der Waals surface area contributed by atoms with E-state index in [0.29, 0.717) is 0 Å². The van der Waals surface area contributed by atoms with Crippen LogP contribution >= 0.6 is 24.8 Å². The molecule has 0 aliphatic carbocycles. The number of aromatic nitrogens is 1. The highest BCUT2D eigenvalue weighted by Crippen LogP contribution is 2.33. The zero-order valence-electron chi connectivity index (χ0n) is 13.5. The molecule has 2 heterocycles. The van der Waals surface area contributed by atoms with E-state index in [1.807, 2.05) is 20.2 Å². The van der Waals surface area contributed by atoms with Crippen LogP contribution in [0.15, 0.2) is 36.5 Å². The Kier molecular flexibility index (Phi) is 8.00. The number of nitrogens with zero attached hydrogens (tertiary/aromatic N) is 1. The van der Waals surface area contributed by atoms with Crippen LogP contribution in [0.4, 0.5) is 0 Å². The zero-order chi connectivity index (χ0) is 14.7. The maximum atomic E-state index is 6.01. The van der Waals surface area contributed by atoms with Gasteiger partial charge in [-0.25, -0.2) is 0 Å². The molecule has 0 saturated carbocycles. The van der Waals surface area contributed by atoms with Gasteiger partial charge in [0.15, 0.2) is 0 Å². The lowest BCUT2D eigenvalue weighted by atomic mass is 9.91. The van der Waals surface area contributed by atoms with E-state index in [2.05, 4.69) is 40.6 Å². The van der Waals surface area contributed by atoms with Gasteiger partial charge in [0.2, 0.25) is 0 Å². The normalized spacial score (nSPS) is 16.5. The molecule has 1 atom stereocenters. The first-order valence-corrected chi connectivity index (χ1v) is 7.60. The van der Waals surface area contributed by atoms with Crippen molar-refractivity contribution in [3.8, 4) is 11.1 Å². The van der Waals surface area contributed by atoms with E-state index >= 15 is 0 Å². The number of benzene rings is 1. The van der Waals surface area contributed by atoms with Crippen LogP contribution in [0.2, 0.25) is 0 Å². The average molecular weight is 355 g/mol. The molecule has 0 spiro atoms. The summed E-state index contributed by atoms with van der Waals surface area (Å²) in [5, 5.41) is 3.24. The van der Waals surface area contributed by atoms with Crippen LogP contribution in [0, 0.1) is 6.92 Å². The summed E-state index contributed by atoms with van der Waals surface area (Å²) < 4.78 is 6.01. The molecule has 1 aliphatic rings. The van der Waals surface area contributed by atoms with E-state index in [-0.39, 0.29) is 30.9 Å². The van der Waals surface area contributed by atoms with Gasteiger partial charge in [0.05, 0.1) is 6.10 Å². The van der Waals surface area contributed by atoms with Crippen molar-refractivity contribution >= 4 is 24.8 Å². The standard InChI is InChI=1S/C18H22N2O.2ClH/c1-13-11-14(8-9-20-13)15-5-3-6-17-16(15)7-4-10-21-18(17)12-19-2;;/h3,5-6,8-9,11,18-19H,4,7,10,12H2,1-2H3;2*1H/t18-;;/m1../s1. The molecule has 0 amide bonds. The predicted octanol–water partition coefficient (Wildman–Crippen LogP) is 4.12. The minimum absolute atomic E-state index is 0. The third kappa shape index (κ3) is 4.45. The largest absolute Gasteiger partial charge is 0.372 e. The smallest absolute Gasteiger partial charge is 0.0951 e. The minimum Gasteiger partial charge on any atom is -0.372 e. The fourth-order valence-corrected chi connectivity index (χ4v) is 3.09. The molecule has 1 N–H and O–H groups in total. The first-order valence-electron chi connectivity index (χ1n) is 7.60. The number of rotatable bonds is 3. The van der Waals surface area contributed by atoms with E-state index in [9.17, 15) is 0 Å². The number of fused-ring (bicyclic) bond motifs is 1. The Hall–Kier alpha value is -1.13. The molecule has 0 bridgehead atoms. The van der Waals surface area contributed by atoms with Crippen LogP contribution in [0.3, 0.4) is 0 Å². The number of nitrogens with one attached hydrogen (secondary N) is 1. The topological polar surface area (TPSA) is 34.1 Å². The van der Waals surface area contributed by atoms with Crippen molar-refractivity contribution in [3.63, 3.8) is 0 Å². The van der Waals surface area contributed by atoms with Crippen LogP contribution in [0.5, 0.6) is 0 Å². The zero-order valence-corrected chi connectivity index (χ0v) is 15.2. The van der Waals surface area contributed by atoms with E-state index in [4.69, 9.17) is 4.74 Å². The number of hydrogen-bond donors (Lipinski definition) is 1. The minimum atomic E-state index is 0. The highest BCUT2D eigenvalue weighted by Gasteiger charge is 2.21. The molecule has 1 aromatic carbocycles. The second-order valence-corrected chi connectivity index (χ2v) is 5.58. The van der Waals surface area contributed by atoms with Crippen molar-refractivity contribution in [2.45, 2.75) is 25.9 Å². The molecule has 3 nitrogen and oxygen atoms in total. The second-order valence-electron chi connectivity index (χ2n) is 5.58. The Morgan fingerprint density at radius 3 is 2.83 bits per heavy atom. The fourth-order valence-electron chi connectivity index (χ4n) is 3.09. The Morgan fingerprint density at radius 2 is 2.09 bits per heavy atom. The second kappa shape index (κ2) is 9.24. The van der Waals surface area contributed by atoms with Crippen LogP contribution in [0.1, 0.15) is 29.3 Å². The molecule has 0 unspecified atom stereocenters. The van der Waals surface area contributed by atoms with Gasteiger partial charge in [0, 0.05) is 25.0 Å². The van der Waals surface area contributed by atoms with Crippen molar-refractivity contribution in [1.82, 2.24) is 10.3 Å². The van der Waals surface area contributed by atoms with Gasteiger partial charge in [-0.1, -0.05) is 18.2 Å². The van der Waals surface area contributed by atoms with Gasteiger partial charge < -0.3 is 10.1 Å². The fraction of sp³-hybridized carbons (Fsp3) is 0.389. The molecule has 0 saturated heterocycles. The summed E-state index contributed by atoms with van der Waals surface area (Å²) in [5.74, 6) is 0. The quantitative estimate of drug-likeness (QED) is 0.899. The molecular weight excluding hydrogens is 331 g/mol. The summed E-state index contributed by atoms with van der Waals surface area (Å²) in [4.78, 5) is 4.31. The van der Waals surface area contributed by atoms with E-state index in [0.717, 1.165) is 31.7 Å². The molecule has 5 heteroatoms. The van der Waals surface area contributed by atoms with Gasteiger partial charge in [-0.15, -0.1) is 24.8 Å². The summed E-state index contributed by atoms with van der Waals surface area (Å²) in [6.45, 7) is 3.72. The van der Waals surface area contributed by atoms with Gasteiger partial charge in [-0.2, -0.15) is 0 Å². The first kappa shape index (κ1) is 19.9. The molecule has 0 fully saturated rings. The molecule has 23 heavy (non-hydrogen) atoms. The van der Waals surface area contributed by atoms with Crippen LogP contribution in [-0.4, -0.2) is 25.2 Å². The lowest BCUT2D eigenvalue weighted by Crippen LogP contribution is -2.20. The Labute approximate surface area is 150 Å². The lowest BCUT2D eigenvalue weighted by molar-refractivity contribution is 0.0579. The number of likely N-dealkylation sites (N-methyl/N-ethyl adjacent to an activating group) is 1. The van der Waals surface area contributed by atoms with Gasteiger partial charge in [-0.3, -0.25) is 4.98 Å². The number of halogens is 2. The summed E-state index contributed by atoms with van der Waals surface area (Å²) >= 11 is 0. The Balaban J connectivity index is 0.00000132. The third-order valence-corrected chi connectivity index (χ3v) is 4.05.